The maximum absolute atomic E-state index is 9.98. The Balaban J connectivity index is 4.57. The molecule has 15 heavy (non-hydrogen) atoms. The van der Waals surface area contributed by atoms with Gasteiger partial charge in [-0.1, -0.05) is 5.18 Å². The summed E-state index contributed by atoms with van der Waals surface area (Å²) in [5.41, 5.74) is -1.21. The first-order valence-corrected chi connectivity index (χ1v) is 4.68. The van der Waals surface area contributed by atoms with Crippen molar-refractivity contribution in [2.45, 2.75) is 5.54 Å². The number of nitroso groups, excluding NO2 is 1. The summed E-state index contributed by atoms with van der Waals surface area (Å²) >= 11 is 0. The SMILES string of the molecule is O=NCCN(CCO)C(CO)(CO)CO. The van der Waals surface area contributed by atoms with Crippen LogP contribution in [0.5, 0.6) is 0 Å². The van der Waals surface area contributed by atoms with E-state index in [1.165, 1.54) is 4.90 Å². The molecule has 0 aromatic carbocycles. The number of β-amino-alcohol motifs (C(OH)–C–C–N with tert-alkyl or cyclic N) is 1. The van der Waals surface area contributed by atoms with Gasteiger partial charge in [-0.3, -0.25) is 4.90 Å². The molecule has 0 spiro atoms. The highest BCUT2D eigenvalue weighted by atomic mass is 16.3. The number of rotatable bonds is 9. The second kappa shape index (κ2) is 7.66. The zero-order valence-corrected chi connectivity index (χ0v) is 8.54. The Morgan fingerprint density at radius 2 is 1.53 bits per heavy atom. The largest absolute Gasteiger partial charge is 0.395 e. The molecule has 0 heterocycles. The van der Waals surface area contributed by atoms with Gasteiger partial charge in [0.15, 0.2) is 0 Å². The van der Waals surface area contributed by atoms with Gasteiger partial charge in [0.1, 0.15) is 0 Å². The molecule has 0 saturated carbocycles. The molecule has 0 aromatic heterocycles. The highest BCUT2D eigenvalue weighted by Crippen LogP contribution is 2.13. The average molecular weight is 222 g/mol. The van der Waals surface area contributed by atoms with Crippen LogP contribution in [0.15, 0.2) is 5.18 Å². The van der Waals surface area contributed by atoms with Crippen LogP contribution in [0.2, 0.25) is 0 Å². The van der Waals surface area contributed by atoms with E-state index < -0.39 is 25.4 Å². The van der Waals surface area contributed by atoms with Gasteiger partial charge in [0.2, 0.25) is 0 Å². The number of nitrogens with zero attached hydrogens (tertiary/aromatic N) is 2. The van der Waals surface area contributed by atoms with Crippen LogP contribution in [0.25, 0.3) is 0 Å². The van der Waals surface area contributed by atoms with Gasteiger partial charge in [-0.25, -0.2) is 0 Å². The summed E-state index contributed by atoms with van der Waals surface area (Å²) in [4.78, 5) is 11.4. The lowest BCUT2D eigenvalue weighted by Crippen LogP contribution is -2.58. The van der Waals surface area contributed by atoms with Gasteiger partial charge < -0.3 is 20.4 Å². The molecule has 0 bridgehead atoms. The van der Waals surface area contributed by atoms with Gasteiger partial charge >= 0.3 is 0 Å². The van der Waals surface area contributed by atoms with Crippen molar-refractivity contribution in [3.63, 3.8) is 0 Å². The minimum Gasteiger partial charge on any atom is -0.395 e. The molecule has 0 aliphatic heterocycles. The van der Waals surface area contributed by atoms with Crippen LogP contribution in [0.1, 0.15) is 0 Å². The molecular formula is C8H18N2O5. The molecule has 0 radical (unpaired) electrons. The second-order valence-corrected chi connectivity index (χ2v) is 3.26. The maximum atomic E-state index is 9.98. The van der Waals surface area contributed by atoms with Crippen molar-refractivity contribution >= 4 is 0 Å². The number of aliphatic hydroxyl groups excluding tert-OH is 4. The summed E-state index contributed by atoms with van der Waals surface area (Å²) in [5, 5.41) is 38.8. The van der Waals surface area contributed by atoms with Crippen LogP contribution in [-0.2, 0) is 0 Å². The molecule has 7 heteroatoms. The van der Waals surface area contributed by atoms with Gasteiger partial charge in [0.05, 0.1) is 38.5 Å². The van der Waals surface area contributed by atoms with E-state index in [9.17, 15) is 4.91 Å². The average Bonchev–Trinajstić information content (AvgIpc) is 2.28. The number of hydrogen-bond acceptors (Lipinski definition) is 7. The van der Waals surface area contributed by atoms with Crippen LogP contribution in [0.4, 0.5) is 0 Å². The van der Waals surface area contributed by atoms with E-state index in [-0.39, 0.29) is 26.2 Å². The number of aliphatic hydroxyl groups is 4. The monoisotopic (exact) mass is 222 g/mol. The fourth-order valence-electron chi connectivity index (χ4n) is 1.32. The zero-order chi connectivity index (χ0) is 11.7. The first-order valence-electron chi connectivity index (χ1n) is 4.68. The van der Waals surface area contributed by atoms with Crippen LogP contribution in [-0.4, -0.2) is 76.9 Å². The predicted octanol–water partition coefficient (Wildman–Crippen LogP) is -2.24. The number of hydrogen-bond donors (Lipinski definition) is 4. The zero-order valence-electron chi connectivity index (χ0n) is 8.54. The Kier molecular flexibility index (Phi) is 7.35. The van der Waals surface area contributed by atoms with E-state index >= 15 is 0 Å². The molecule has 0 fully saturated rings. The summed E-state index contributed by atoms with van der Waals surface area (Å²) in [7, 11) is 0. The molecule has 0 atom stereocenters. The standard InChI is InChI=1S/C8H18N2O5/c11-4-3-10(2-1-9-15)8(5-12,6-13)7-14/h11-14H,1-7H2. The van der Waals surface area contributed by atoms with Gasteiger partial charge in [-0.05, 0) is 0 Å². The Labute approximate surface area is 87.9 Å². The van der Waals surface area contributed by atoms with E-state index in [1.54, 1.807) is 0 Å². The Morgan fingerprint density at radius 3 is 1.87 bits per heavy atom. The third kappa shape index (κ3) is 3.80. The van der Waals surface area contributed by atoms with Crippen molar-refractivity contribution < 1.29 is 20.4 Å². The van der Waals surface area contributed by atoms with E-state index in [0.717, 1.165) is 0 Å². The van der Waals surface area contributed by atoms with E-state index in [2.05, 4.69) is 5.18 Å². The molecular weight excluding hydrogens is 204 g/mol. The van der Waals surface area contributed by atoms with Crippen molar-refractivity contribution in [1.82, 2.24) is 4.90 Å². The topological polar surface area (TPSA) is 114 Å². The fraction of sp³-hybridized carbons (Fsp3) is 1.00. The molecule has 0 aliphatic rings. The van der Waals surface area contributed by atoms with Crippen LogP contribution < -0.4 is 0 Å². The normalized spacial score (nSPS) is 12.1. The smallest absolute Gasteiger partial charge is 0.0938 e. The minimum atomic E-state index is -1.21. The Hall–Kier alpha value is -0.600. The van der Waals surface area contributed by atoms with E-state index in [1.807, 2.05) is 0 Å². The lowest BCUT2D eigenvalue weighted by molar-refractivity contribution is -0.0514. The van der Waals surface area contributed by atoms with Crippen LogP contribution in [0.3, 0.4) is 0 Å². The van der Waals surface area contributed by atoms with E-state index in [4.69, 9.17) is 20.4 Å². The van der Waals surface area contributed by atoms with Crippen molar-refractivity contribution in [3.8, 4) is 0 Å². The fourth-order valence-corrected chi connectivity index (χ4v) is 1.32. The molecule has 0 saturated heterocycles. The molecule has 0 aliphatic carbocycles. The predicted molar refractivity (Wildman–Crippen MR) is 53.3 cm³/mol. The summed E-state index contributed by atoms with van der Waals surface area (Å²) in [6, 6.07) is 0. The molecule has 0 unspecified atom stereocenters. The quantitative estimate of drug-likeness (QED) is 0.328. The summed E-state index contributed by atoms with van der Waals surface area (Å²) in [5.74, 6) is 0. The van der Waals surface area contributed by atoms with Crippen LogP contribution in [0, 0.1) is 4.91 Å². The Bertz CT molecular complexity index is 166. The van der Waals surface area contributed by atoms with Gasteiger partial charge in [-0.2, -0.15) is 4.91 Å². The van der Waals surface area contributed by atoms with E-state index in [0.29, 0.717) is 0 Å². The van der Waals surface area contributed by atoms with Crippen LogP contribution >= 0.6 is 0 Å². The first-order chi connectivity index (χ1) is 7.20. The van der Waals surface area contributed by atoms with Gasteiger partial charge in [-0.15, -0.1) is 0 Å². The molecule has 0 rings (SSSR count). The lowest BCUT2D eigenvalue weighted by atomic mass is 10.0. The highest BCUT2D eigenvalue weighted by Gasteiger charge is 2.34. The summed E-state index contributed by atoms with van der Waals surface area (Å²) in [6.45, 7) is -1.28. The maximum Gasteiger partial charge on any atom is 0.0938 e. The van der Waals surface area contributed by atoms with Crippen molar-refractivity contribution in [2.24, 2.45) is 5.18 Å². The summed E-state index contributed by atoms with van der Waals surface area (Å²) in [6.07, 6.45) is 0. The molecule has 90 valence electrons. The molecule has 0 amide bonds. The summed E-state index contributed by atoms with van der Waals surface area (Å²) < 4.78 is 0. The molecule has 0 aromatic rings. The minimum absolute atomic E-state index is 0.0260. The third-order valence-corrected chi connectivity index (χ3v) is 2.38. The highest BCUT2D eigenvalue weighted by molar-refractivity contribution is 4.89. The second-order valence-electron chi connectivity index (χ2n) is 3.26. The van der Waals surface area contributed by atoms with Crippen molar-refractivity contribution in [3.05, 3.63) is 4.91 Å². The third-order valence-electron chi connectivity index (χ3n) is 2.38. The Morgan fingerprint density at radius 1 is 1.00 bits per heavy atom. The molecule has 4 N–H and O–H groups in total. The first kappa shape index (κ1) is 14.4. The van der Waals surface area contributed by atoms with Gasteiger partial charge in [0, 0.05) is 13.1 Å². The lowest BCUT2D eigenvalue weighted by Gasteiger charge is -2.39. The molecule has 7 nitrogen and oxygen atoms in total. The van der Waals surface area contributed by atoms with Gasteiger partial charge in [0.25, 0.3) is 0 Å². The van der Waals surface area contributed by atoms with Crippen molar-refractivity contribution in [2.75, 3.05) is 46.1 Å². The van der Waals surface area contributed by atoms with Crippen molar-refractivity contribution in [1.29, 1.82) is 0 Å².